The van der Waals surface area contributed by atoms with Crippen LogP contribution in [0.5, 0.6) is 0 Å². The summed E-state index contributed by atoms with van der Waals surface area (Å²) in [6, 6.07) is -0.905. The highest BCUT2D eigenvalue weighted by molar-refractivity contribution is 7.84. The molecular weight excluding hydrogens is 244 g/mol. The smallest absolute Gasteiger partial charge is 0.315 e. The molecule has 0 heterocycles. The molecule has 0 aromatic rings. The van der Waals surface area contributed by atoms with Crippen molar-refractivity contribution in [3.05, 3.63) is 0 Å². The van der Waals surface area contributed by atoms with Gasteiger partial charge in [-0.3, -0.25) is 9.00 Å². The minimum Gasteiger partial charge on any atom is -0.481 e. The first-order valence-corrected chi connectivity index (χ1v) is 6.97. The van der Waals surface area contributed by atoms with Gasteiger partial charge in [-0.25, -0.2) is 4.79 Å². The summed E-state index contributed by atoms with van der Waals surface area (Å²) in [6.45, 7) is 5.21. The number of carbonyl (C=O) groups excluding carboxylic acids is 1. The number of amides is 2. The molecule has 0 aromatic heterocycles. The average molecular weight is 264 g/mol. The summed E-state index contributed by atoms with van der Waals surface area (Å²) in [4.78, 5) is 22.1. The van der Waals surface area contributed by atoms with Gasteiger partial charge in [0.2, 0.25) is 0 Å². The lowest BCUT2D eigenvalue weighted by molar-refractivity contribution is -0.141. The van der Waals surface area contributed by atoms with Crippen LogP contribution in [0, 0.1) is 5.92 Å². The largest absolute Gasteiger partial charge is 0.481 e. The molecule has 0 bridgehead atoms. The number of hydrogen-bond donors (Lipinski definition) is 3. The summed E-state index contributed by atoms with van der Waals surface area (Å²) in [7, 11) is -0.992. The van der Waals surface area contributed by atoms with Crippen LogP contribution >= 0.6 is 0 Å². The van der Waals surface area contributed by atoms with Crippen LogP contribution < -0.4 is 10.6 Å². The zero-order valence-corrected chi connectivity index (χ0v) is 11.3. The second kappa shape index (κ2) is 7.26. The fraction of sp³-hybridized carbons (Fsp3) is 0.800. The minimum absolute atomic E-state index is 0.132. The molecule has 2 amide bonds. The van der Waals surface area contributed by atoms with E-state index in [2.05, 4.69) is 10.6 Å². The number of carboxylic acid groups (broad SMARTS) is 1. The molecular formula is C10H20N2O4S. The Morgan fingerprint density at radius 1 is 1.29 bits per heavy atom. The molecule has 3 N–H and O–H groups in total. The van der Waals surface area contributed by atoms with E-state index in [4.69, 9.17) is 5.11 Å². The van der Waals surface area contributed by atoms with Gasteiger partial charge < -0.3 is 15.7 Å². The normalized spacial score (nSPS) is 17.6. The van der Waals surface area contributed by atoms with Crippen molar-refractivity contribution >= 4 is 22.8 Å². The van der Waals surface area contributed by atoms with Crippen LogP contribution in [0.25, 0.3) is 0 Å². The SMILES string of the molecule is CC(NC(=O)NCC(C)S(C)=O)C(C)C(=O)O. The minimum atomic E-state index is -0.992. The number of carbonyl (C=O) groups is 2. The molecule has 0 saturated carbocycles. The van der Waals surface area contributed by atoms with E-state index < -0.39 is 34.8 Å². The van der Waals surface area contributed by atoms with Gasteiger partial charge in [-0.05, 0) is 20.8 Å². The van der Waals surface area contributed by atoms with E-state index in [1.165, 1.54) is 6.92 Å². The van der Waals surface area contributed by atoms with Crippen molar-refractivity contribution in [1.29, 1.82) is 0 Å². The van der Waals surface area contributed by atoms with E-state index in [0.29, 0.717) is 6.54 Å². The van der Waals surface area contributed by atoms with Crippen molar-refractivity contribution in [2.75, 3.05) is 12.8 Å². The molecule has 6 nitrogen and oxygen atoms in total. The topological polar surface area (TPSA) is 95.5 Å². The van der Waals surface area contributed by atoms with E-state index in [1.807, 2.05) is 0 Å². The third kappa shape index (κ3) is 6.25. The van der Waals surface area contributed by atoms with E-state index >= 15 is 0 Å². The molecule has 4 atom stereocenters. The molecule has 4 unspecified atom stereocenters. The highest BCUT2D eigenvalue weighted by atomic mass is 32.2. The first kappa shape index (κ1) is 15.9. The lowest BCUT2D eigenvalue weighted by Gasteiger charge is -2.18. The predicted octanol–water partition coefficient (Wildman–Crippen LogP) is 0.162. The van der Waals surface area contributed by atoms with Crippen LogP contribution in [0.3, 0.4) is 0 Å². The van der Waals surface area contributed by atoms with Gasteiger partial charge in [-0.1, -0.05) is 0 Å². The predicted molar refractivity (Wildman–Crippen MR) is 66.3 cm³/mol. The van der Waals surface area contributed by atoms with Gasteiger partial charge >= 0.3 is 12.0 Å². The fourth-order valence-electron chi connectivity index (χ4n) is 0.950. The van der Waals surface area contributed by atoms with Crippen molar-refractivity contribution in [3.8, 4) is 0 Å². The van der Waals surface area contributed by atoms with Crippen LogP contribution in [0.2, 0.25) is 0 Å². The molecule has 0 saturated heterocycles. The summed E-state index contributed by atoms with van der Waals surface area (Å²) in [6.07, 6.45) is 1.57. The summed E-state index contributed by atoms with van der Waals surface area (Å²) in [5, 5.41) is 13.7. The van der Waals surface area contributed by atoms with Gasteiger partial charge in [0.15, 0.2) is 0 Å². The number of urea groups is 1. The third-order valence-electron chi connectivity index (χ3n) is 2.62. The van der Waals surface area contributed by atoms with Crippen LogP contribution in [-0.4, -0.2) is 45.4 Å². The molecule has 0 radical (unpaired) electrons. The van der Waals surface area contributed by atoms with Crippen molar-refractivity contribution < 1.29 is 18.9 Å². The lowest BCUT2D eigenvalue weighted by atomic mass is 10.0. The number of aliphatic carboxylic acids is 1. The highest BCUT2D eigenvalue weighted by Crippen LogP contribution is 2.01. The molecule has 0 aliphatic rings. The monoisotopic (exact) mass is 264 g/mol. The Hall–Kier alpha value is -1.11. The summed E-state index contributed by atoms with van der Waals surface area (Å²) in [5.74, 6) is -1.61. The van der Waals surface area contributed by atoms with Crippen molar-refractivity contribution in [2.24, 2.45) is 5.92 Å². The molecule has 0 fully saturated rings. The molecule has 0 aromatic carbocycles. The number of carboxylic acids is 1. The van der Waals surface area contributed by atoms with Crippen LogP contribution in [0.4, 0.5) is 4.79 Å². The van der Waals surface area contributed by atoms with Gasteiger partial charge in [0.25, 0.3) is 0 Å². The molecule has 0 aliphatic carbocycles. The summed E-state index contributed by atoms with van der Waals surface area (Å²) in [5.41, 5.74) is 0. The Morgan fingerprint density at radius 2 is 1.82 bits per heavy atom. The van der Waals surface area contributed by atoms with Gasteiger partial charge in [-0.2, -0.15) is 0 Å². The number of nitrogens with one attached hydrogen (secondary N) is 2. The van der Waals surface area contributed by atoms with E-state index in [0.717, 1.165) is 0 Å². The quantitative estimate of drug-likeness (QED) is 0.637. The average Bonchev–Trinajstić information content (AvgIpc) is 2.24. The first-order valence-electron chi connectivity index (χ1n) is 5.35. The highest BCUT2D eigenvalue weighted by Gasteiger charge is 2.21. The van der Waals surface area contributed by atoms with Gasteiger partial charge in [0.05, 0.1) is 5.92 Å². The second-order valence-electron chi connectivity index (χ2n) is 4.08. The van der Waals surface area contributed by atoms with Crippen LogP contribution in [0.1, 0.15) is 20.8 Å². The van der Waals surface area contributed by atoms with Crippen molar-refractivity contribution in [1.82, 2.24) is 10.6 Å². The first-order chi connectivity index (χ1) is 7.75. The van der Waals surface area contributed by atoms with E-state index in [1.54, 1.807) is 20.1 Å². The summed E-state index contributed by atoms with van der Waals surface area (Å²) >= 11 is 0. The standard InChI is InChI=1S/C10H20N2O4S/c1-6(17(4)16)5-11-10(15)12-8(3)7(2)9(13)14/h6-8H,5H2,1-4H3,(H,13,14)(H2,11,12,15). The van der Waals surface area contributed by atoms with Gasteiger partial charge in [0.1, 0.15) is 0 Å². The Balaban J connectivity index is 4.02. The van der Waals surface area contributed by atoms with Crippen LogP contribution in [-0.2, 0) is 15.6 Å². The Morgan fingerprint density at radius 3 is 2.24 bits per heavy atom. The Bertz CT molecular complexity index is 309. The maximum Gasteiger partial charge on any atom is 0.315 e. The molecule has 0 rings (SSSR count). The second-order valence-corrected chi connectivity index (χ2v) is 5.88. The van der Waals surface area contributed by atoms with Crippen LogP contribution in [0.15, 0.2) is 0 Å². The summed E-state index contributed by atoms with van der Waals surface area (Å²) < 4.78 is 11.0. The lowest BCUT2D eigenvalue weighted by Crippen LogP contribution is -2.47. The molecule has 0 spiro atoms. The Labute approximate surface area is 104 Å². The van der Waals surface area contributed by atoms with Gasteiger partial charge in [0, 0.05) is 34.9 Å². The molecule has 100 valence electrons. The molecule has 17 heavy (non-hydrogen) atoms. The van der Waals surface area contributed by atoms with E-state index in [-0.39, 0.29) is 5.25 Å². The molecule has 0 aliphatic heterocycles. The molecule has 7 heteroatoms. The third-order valence-corrected chi connectivity index (χ3v) is 3.91. The van der Waals surface area contributed by atoms with E-state index in [9.17, 15) is 13.8 Å². The number of rotatable bonds is 6. The Kier molecular flexibility index (Phi) is 6.79. The maximum absolute atomic E-state index is 11.4. The zero-order valence-electron chi connectivity index (χ0n) is 10.5. The van der Waals surface area contributed by atoms with Gasteiger partial charge in [-0.15, -0.1) is 0 Å². The maximum atomic E-state index is 11.4. The van der Waals surface area contributed by atoms with Crippen molar-refractivity contribution in [3.63, 3.8) is 0 Å². The van der Waals surface area contributed by atoms with Crippen molar-refractivity contribution in [2.45, 2.75) is 32.1 Å². The number of hydrogen-bond acceptors (Lipinski definition) is 3. The zero-order chi connectivity index (χ0) is 13.6. The fourth-order valence-corrected chi connectivity index (χ4v) is 1.27.